The maximum atomic E-state index is 11.2. The van der Waals surface area contributed by atoms with Gasteiger partial charge in [-0.1, -0.05) is 6.92 Å². The Hall–Kier alpha value is -0.220. The van der Waals surface area contributed by atoms with Crippen molar-refractivity contribution in [3.05, 3.63) is 0 Å². The van der Waals surface area contributed by atoms with Crippen molar-refractivity contribution in [2.45, 2.75) is 38.4 Å². The van der Waals surface area contributed by atoms with Crippen LogP contribution in [0.5, 0.6) is 0 Å². The van der Waals surface area contributed by atoms with Crippen LogP contribution in [0.4, 0.5) is 0 Å². The van der Waals surface area contributed by atoms with Crippen molar-refractivity contribution in [1.29, 1.82) is 0 Å². The van der Waals surface area contributed by atoms with Crippen molar-refractivity contribution in [1.82, 2.24) is 5.32 Å². The summed E-state index contributed by atoms with van der Waals surface area (Å²) < 4.78 is 4.91. The molecule has 0 aromatic rings. The van der Waals surface area contributed by atoms with Crippen LogP contribution < -0.4 is 5.32 Å². The van der Waals surface area contributed by atoms with E-state index >= 15 is 0 Å². The molecule has 1 N–H and O–H groups in total. The zero-order valence-corrected chi connectivity index (χ0v) is 11.1. The molecule has 0 aromatic heterocycles. The Balaban J connectivity index is 2.09. The Morgan fingerprint density at radius 3 is 2.81 bits per heavy atom. The first-order valence-electron chi connectivity index (χ1n) is 6.22. The van der Waals surface area contributed by atoms with E-state index in [1.54, 1.807) is 0 Å². The molecule has 1 fully saturated rings. The molecule has 3 nitrogen and oxygen atoms in total. The second kappa shape index (κ2) is 7.96. The average molecular weight is 245 g/mol. The van der Waals surface area contributed by atoms with Crippen molar-refractivity contribution >= 4 is 17.7 Å². The SMILES string of the molecule is CCOC(=O)CCSC(C)C1CCNCC1. The predicted octanol–water partition coefficient (Wildman–Crippen LogP) is 2.06. The van der Waals surface area contributed by atoms with Crippen LogP contribution in [0.1, 0.15) is 33.1 Å². The third kappa shape index (κ3) is 5.21. The largest absolute Gasteiger partial charge is 0.466 e. The second-order valence-electron chi connectivity index (χ2n) is 4.22. The van der Waals surface area contributed by atoms with E-state index in [-0.39, 0.29) is 5.97 Å². The molecule has 0 spiro atoms. The summed E-state index contributed by atoms with van der Waals surface area (Å²) in [7, 11) is 0. The molecule has 0 radical (unpaired) electrons. The van der Waals surface area contributed by atoms with E-state index in [9.17, 15) is 4.79 Å². The van der Waals surface area contributed by atoms with Gasteiger partial charge in [0.15, 0.2) is 0 Å². The number of ether oxygens (including phenoxy) is 1. The Morgan fingerprint density at radius 1 is 1.50 bits per heavy atom. The minimum absolute atomic E-state index is 0.0625. The average Bonchev–Trinajstić information content (AvgIpc) is 2.30. The van der Waals surface area contributed by atoms with Gasteiger partial charge in [0.2, 0.25) is 0 Å². The third-order valence-electron chi connectivity index (χ3n) is 3.04. The van der Waals surface area contributed by atoms with E-state index in [1.807, 2.05) is 18.7 Å². The molecule has 1 saturated heterocycles. The predicted molar refractivity (Wildman–Crippen MR) is 68.8 cm³/mol. The van der Waals surface area contributed by atoms with Crippen molar-refractivity contribution in [2.24, 2.45) is 5.92 Å². The summed E-state index contributed by atoms with van der Waals surface area (Å²) in [4.78, 5) is 11.2. The first kappa shape index (κ1) is 13.8. The normalized spacial score (nSPS) is 19.4. The molecule has 1 heterocycles. The fourth-order valence-corrected chi connectivity index (χ4v) is 3.21. The van der Waals surface area contributed by atoms with Crippen LogP contribution in [-0.2, 0) is 9.53 Å². The Bertz CT molecular complexity index is 205. The van der Waals surface area contributed by atoms with Gasteiger partial charge in [-0.15, -0.1) is 0 Å². The first-order valence-corrected chi connectivity index (χ1v) is 7.27. The first-order chi connectivity index (χ1) is 7.74. The van der Waals surface area contributed by atoms with Crippen LogP contribution in [-0.4, -0.2) is 36.7 Å². The molecular formula is C12H23NO2S. The quantitative estimate of drug-likeness (QED) is 0.727. The molecule has 94 valence electrons. The highest BCUT2D eigenvalue weighted by molar-refractivity contribution is 7.99. The van der Waals surface area contributed by atoms with Crippen LogP contribution in [0.25, 0.3) is 0 Å². The summed E-state index contributed by atoms with van der Waals surface area (Å²) in [5, 5.41) is 4.04. The van der Waals surface area contributed by atoms with Gasteiger partial charge in [-0.3, -0.25) is 4.79 Å². The molecule has 0 amide bonds. The summed E-state index contributed by atoms with van der Waals surface area (Å²) in [6.07, 6.45) is 3.09. The van der Waals surface area contributed by atoms with Crippen molar-refractivity contribution < 1.29 is 9.53 Å². The number of carbonyl (C=O) groups is 1. The zero-order chi connectivity index (χ0) is 11.8. The van der Waals surface area contributed by atoms with Crippen LogP contribution >= 0.6 is 11.8 Å². The molecule has 4 heteroatoms. The number of esters is 1. The number of rotatable bonds is 6. The fourth-order valence-electron chi connectivity index (χ4n) is 2.01. The molecule has 16 heavy (non-hydrogen) atoms. The standard InChI is InChI=1S/C12H23NO2S/c1-3-15-12(14)6-9-16-10(2)11-4-7-13-8-5-11/h10-11,13H,3-9H2,1-2H3. The molecule has 0 aromatic carbocycles. The molecule has 0 aliphatic carbocycles. The highest BCUT2D eigenvalue weighted by atomic mass is 32.2. The van der Waals surface area contributed by atoms with E-state index < -0.39 is 0 Å². The van der Waals surface area contributed by atoms with Gasteiger partial charge in [0, 0.05) is 11.0 Å². The molecule has 1 aliphatic heterocycles. The number of hydrogen-bond acceptors (Lipinski definition) is 4. The third-order valence-corrected chi connectivity index (χ3v) is 4.39. The summed E-state index contributed by atoms with van der Waals surface area (Å²) >= 11 is 1.91. The van der Waals surface area contributed by atoms with Gasteiger partial charge in [0.25, 0.3) is 0 Å². The van der Waals surface area contributed by atoms with Gasteiger partial charge in [0.05, 0.1) is 13.0 Å². The van der Waals surface area contributed by atoms with Crippen molar-refractivity contribution in [3.8, 4) is 0 Å². The Labute approximate surface area is 103 Å². The summed E-state index contributed by atoms with van der Waals surface area (Å²) in [6.45, 7) is 6.92. The van der Waals surface area contributed by atoms with Gasteiger partial charge in [-0.2, -0.15) is 11.8 Å². The van der Waals surface area contributed by atoms with Gasteiger partial charge in [-0.05, 0) is 38.8 Å². The van der Waals surface area contributed by atoms with Gasteiger partial charge in [0.1, 0.15) is 0 Å². The number of thioether (sulfide) groups is 1. The highest BCUT2D eigenvalue weighted by Crippen LogP contribution is 2.26. The minimum Gasteiger partial charge on any atom is -0.466 e. The van der Waals surface area contributed by atoms with Gasteiger partial charge >= 0.3 is 5.97 Å². The lowest BCUT2D eigenvalue weighted by molar-refractivity contribution is -0.142. The number of carbonyl (C=O) groups excluding carboxylic acids is 1. The maximum Gasteiger partial charge on any atom is 0.306 e. The van der Waals surface area contributed by atoms with E-state index in [1.165, 1.54) is 12.8 Å². The zero-order valence-electron chi connectivity index (χ0n) is 10.3. The maximum absolute atomic E-state index is 11.2. The summed E-state index contributed by atoms with van der Waals surface area (Å²) in [5.74, 6) is 1.64. The van der Waals surface area contributed by atoms with Crippen LogP contribution in [0.3, 0.4) is 0 Å². The molecule has 0 saturated carbocycles. The van der Waals surface area contributed by atoms with Gasteiger partial charge < -0.3 is 10.1 Å². The molecule has 0 bridgehead atoms. The summed E-state index contributed by atoms with van der Waals surface area (Å²) in [6, 6.07) is 0. The van der Waals surface area contributed by atoms with Crippen LogP contribution in [0.15, 0.2) is 0 Å². The fraction of sp³-hybridized carbons (Fsp3) is 0.917. The Kier molecular flexibility index (Phi) is 6.88. The lowest BCUT2D eigenvalue weighted by Crippen LogP contribution is -2.32. The van der Waals surface area contributed by atoms with E-state index in [0.717, 1.165) is 24.8 Å². The lowest BCUT2D eigenvalue weighted by atomic mass is 9.95. The summed E-state index contributed by atoms with van der Waals surface area (Å²) in [5.41, 5.74) is 0. The van der Waals surface area contributed by atoms with E-state index in [0.29, 0.717) is 18.3 Å². The van der Waals surface area contributed by atoms with E-state index in [2.05, 4.69) is 12.2 Å². The molecule has 1 rings (SSSR count). The minimum atomic E-state index is -0.0625. The van der Waals surface area contributed by atoms with Crippen LogP contribution in [0, 0.1) is 5.92 Å². The monoisotopic (exact) mass is 245 g/mol. The topological polar surface area (TPSA) is 38.3 Å². The van der Waals surface area contributed by atoms with E-state index in [4.69, 9.17) is 4.74 Å². The highest BCUT2D eigenvalue weighted by Gasteiger charge is 2.20. The van der Waals surface area contributed by atoms with Gasteiger partial charge in [-0.25, -0.2) is 0 Å². The molecular weight excluding hydrogens is 222 g/mol. The Morgan fingerprint density at radius 2 is 2.19 bits per heavy atom. The number of piperidine rings is 1. The lowest BCUT2D eigenvalue weighted by Gasteiger charge is -2.27. The van der Waals surface area contributed by atoms with Crippen LogP contribution in [0.2, 0.25) is 0 Å². The molecule has 1 unspecified atom stereocenters. The smallest absolute Gasteiger partial charge is 0.306 e. The molecule has 1 atom stereocenters. The molecule has 1 aliphatic rings. The number of nitrogens with one attached hydrogen (secondary N) is 1. The van der Waals surface area contributed by atoms with Crippen molar-refractivity contribution in [2.75, 3.05) is 25.4 Å². The number of hydrogen-bond donors (Lipinski definition) is 1. The van der Waals surface area contributed by atoms with Crippen molar-refractivity contribution in [3.63, 3.8) is 0 Å². The second-order valence-corrected chi connectivity index (χ2v) is 5.70.